The number of rotatable bonds is 4. The van der Waals surface area contributed by atoms with E-state index in [2.05, 4.69) is 19.7 Å². The van der Waals surface area contributed by atoms with E-state index in [4.69, 9.17) is 0 Å². The maximum atomic E-state index is 12.7. The molecule has 2 aliphatic carbocycles. The average Bonchev–Trinajstić information content (AvgIpc) is 3.37. The van der Waals surface area contributed by atoms with Crippen LogP contribution in [-0.2, 0) is 14.8 Å². The lowest BCUT2D eigenvalue weighted by Crippen LogP contribution is -2.35. The first kappa shape index (κ1) is 18.0. The maximum Gasteiger partial charge on any atom is 0.242 e. The fourth-order valence-electron chi connectivity index (χ4n) is 3.73. The van der Waals surface area contributed by atoms with Crippen LogP contribution in [0.4, 0.5) is 0 Å². The van der Waals surface area contributed by atoms with Gasteiger partial charge in [-0.3, -0.25) is 4.79 Å². The van der Waals surface area contributed by atoms with E-state index in [1.165, 1.54) is 12.4 Å². The van der Waals surface area contributed by atoms with E-state index in [1.807, 2.05) is 12.1 Å². The van der Waals surface area contributed by atoms with Crippen LogP contribution in [0.2, 0.25) is 0 Å². The number of carbonyl (C=O) groups is 1. The first-order valence-electron chi connectivity index (χ1n) is 9.34. The zero-order chi connectivity index (χ0) is 20.2. The van der Waals surface area contributed by atoms with E-state index in [9.17, 15) is 18.5 Å². The number of hydrogen-bond donors (Lipinski definition) is 2. The Morgan fingerprint density at radius 3 is 2.72 bits per heavy atom. The summed E-state index contributed by atoms with van der Waals surface area (Å²) in [5, 5.41) is 10.8. The van der Waals surface area contributed by atoms with Gasteiger partial charge in [-0.2, -0.15) is 9.98 Å². The van der Waals surface area contributed by atoms with E-state index in [-0.39, 0.29) is 10.7 Å². The monoisotopic (exact) mass is 407 g/mol. The minimum Gasteiger partial charge on any atom is -0.339 e. The molecule has 2 aliphatic rings. The molecule has 0 radical (unpaired) electrons. The van der Waals surface area contributed by atoms with Crippen LogP contribution in [0.3, 0.4) is 0 Å². The van der Waals surface area contributed by atoms with Crippen LogP contribution in [0.25, 0.3) is 27.5 Å². The Balaban J connectivity index is 1.62. The van der Waals surface area contributed by atoms with Gasteiger partial charge in [-0.05, 0) is 37.0 Å². The third kappa shape index (κ3) is 3.01. The van der Waals surface area contributed by atoms with E-state index in [0.717, 1.165) is 22.0 Å². The molecule has 1 saturated carbocycles. The van der Waals surface area contributed by atoms with Crippen molar-refractivity contribution in [1.29, 1.82) is 5.26 Å². The molecule has 0 aliphatic heterocycles. The number of benzene rings is 1. The van der Waals surface area contributed by atoms with Crippen molar-refractivity contribution >= 4 is 43.3 Å². The fourth-order valence-corrected chi connectivity index (χ4v) is 5.13. The lowest BCUT2D eigenvalue weighted by Gasteiger charge is -2.12. The maximum absolute atomic E-state index is 12.7. The van der Waals surface area contributed by atoms with Gasteiger partial charge in [-0.1, -0.05) is 12.1 Å². The first-order valence-corrected chi connectivity index (χ1v) is 10.8. The topological polar surface area (TPSA) is 129 Å². The number of fused-ring (bicyclic) bond motifs is 3. The fraction of sp³-hybridized carbons (Fsp3) is 0.300. The van der Waals surface area contributed by atoms with E-state index < -0.39 is 15.6 Å². The molecule has 146 valence electrons. The number of aromatic nitrogens is 3. The SMILES string of the molecule is N#CC1(NS(=O)(=O)c2ccc3c(c2)[nH]c2ncnc(C4=CCC(=O)CC4)c23)CC1. The second-order valence-electron chi connectivity index (χ2n) is 7.55. The minimum absolute atomic E-state index is 0.0927. The Morgan fingerprint density at radius 1 is 1.21 bits per heavy atom. The van der Waals surface area contributed by atoms with Gasteiger partial charge in [0.25, 0.3) is 0 Å². The van der Waals surface area contributed by atoms with Gasteiger partial charge < -0.3 is 4.98 Å². The van der Waals surface area contributed by atoms with Crippen molar-refractivity contribution in [2.75, 3.05) is 0 Å². The van der Waals surface area contributed by atoms with Gasteiger partial charge in [0.1, 0.15) is 23.3 Å². The standard InChI is InChI=1S/C20H17N5O3S/c21-10-20(7-8-20)25-29(27,28)14-5-6-15-16(9-14)24-19-17(15)18(22-11-23-19)12-1-3-13(26)4-2-12/h1,5-6,9,11,25H,2-4,7-8H2,(H,22,23,24). The third-order valence-corrected chi connectivity index (χ3v) is 7.05. The molecule has 0 amide bonds. The number of nitriles is 1. The quantitative estimate of drug-likeness (QED) is 0.684. The molecule has 8 nitrogen and oxygen atoms in total. The van der Waals surface area contributed by atoms with Crippen LogP contribution in [0.15, 0.2) is 35.5 Å². The van der Waals surface area contributed by atoms with Crippen LogP contribution < -0.4 is 4.72 Å². The second-order valence-corrected chi connectivity index (χ2v) is 9.23. The largest absolute Gasteiger partial charge is 0.339 e. The Labute approximate surface area is 166 Å². The number of sulfonamides is 1. The van der Waals surface area contributed by atoms with E-state index >= 15 is 0 Å². The second kappa shape index (κ2) is 6.20. The summed E-state index contributed by atoms with van der Waals surface area (Å²) in [5.41, 5.74) is 2.03. The highest BCUT2D eigenvalue weighted by molar-refractivity contribution is 7.89. The number of H-pyrrole nitrogens is 1. The Bertz CT molecular complexity index is 1360. The molecular weight excluding hydrogens is 390 g/mol. The molecule has 0 unspecified atom stereocenters. The molecule has 0 saturated heterocycles. The number of Topliss-reactive ketones (excluding diaryl/α,β-unsaturated/α-hetero) is 1. The van der Waals surface area contributed by atoms with Crippen molar-refractivity contribution in [3.8, 4) is 6.07 Å². The van der Waals surface area contributed by atoms with Gasteiger partial charge in [0.15, 0.2) is 0 Å². The molecular formula is C20H17N5O3S. The molecule has 2 heterocycles. The summed E-state index contributed by atoms with van der Waals surface area (Å²) < 4.78 is 27.9. The molecule has 1 fully saturated rings. The van der Waals surface area contributed by atoms with Crippen LogP contribution in [-0.4, -0.2) is 34.7 Å². The molecule has 0 bridgehead atoms. The first-order chi connectivity index (χ1) is 13.9. The summed E-state index contributed by atoms with van der Waals surface area (Å²) in [6.45, 7) is 0. The lowest BCUT2D eigenvalue weighted by atomic mass is 9.94. The molecule has 3 aromatic rings. The van der Waals surface area contributed by atoms with Gasteiger partial charge in [-0.15, -0.1) is 0 Å². The highest BCUT2D eigenvalue weighted by atomic mass is 32.2. The van der Waals surface area contributed by atoms with Crippen molar-refractivity contribution in [3.05, 3.63) is 36.3 Å². The number of aromatic amines is 1. The molecule has 0 atom stereocenters. The van der Waals surface area contributed by atoms with Crippen molar-refractivity contribution in [2.24, 2.45) is 0 Å². The third-order valence-electron chi connectivity index (χ3n) is 5.52. The predicted octanol–water partition coefficient (Wildman–Crippen LogP) is 2.58. The smallest absolute Gasteiger partial charge is 0.242 e. The zero-order valence-electron chi connectivity index (χ0n) is 15.4. The Morgan fingerprint density at radius 2 is 2.03 bits per heavy atom. The highest BCUT2D eigenvalue weighted by Crippen LogP contribution is 2.37. The van der Waals surface area contributed by atoms with Crippen molar-refractivity contribution in [3.63, 3.8) is 0 Å². The highest BCUT2D eigenvalue weighted by Gasteiger charge is 2.46. The molecule has 2 N–H and O–H groups in total. The number of ketones is 1. The molecule has 0 spiro atoms. The van der Waals surface area contributed by atoms with Crippen LogP contribution in [0.5, 0.6) is 0 Å². The van der Waals surface area contributed by atoms with Crippen LogP contribution >= 0.6 is 0 Å². The number of carbonyl (C=O) groups excluding carboxylic acids is 1. The number of hydrogen-bond acceptors (Lipinski definition) is 6. The van der Waals surface area contributed by atoms with E-state index in [1.54, 1.807) is 12.1 Å². The van der Waals surface area contributed by atoms with E-state index in [0.29, 0.717) is 43.3 Å². The van der Waals surface area contributed by atoms with Crippen molar-refractivity contribution in [2.45, 2.75) is 42.5 Å². The van der Waals surface area contributed by atoms with Gasteiger partial charge in [-0.25, -0.2) is 18.4 Å². The summed E-state index contributed by atoms with van der Waals surface area (Å²) in [7, 11) is -3.81. The minimum atomic E-state index is -3.81. The van der Waals surface area contributed by atoms with Gasteiger partial charge in [0.2, 0.25) is 10.0 Å². The summed E-state index contributed by atoms with van der Waals surface area (Å²) >= 11 is 0. The molecule has 2 aromatic heterocycles. The summed E-state index contributed by atoms with van der Waals surface area (Å²) in [4.78, 5) is 23.6. The number of nitrogens with one attached hydrogen (secondary N) is 2. The predicted molar refractivity (Wildman–Crippen MR) is 106 cm³/mol. The normalized spacial score (nSPS) is 18.6. The molecule has 1 aromatic carbocycles. The van der Waals surface area contributed by atoms with Crippen LogP contribution in [0, 0.1) is 11.3 Å². The van der Waals surface area contributed by atoms with Crippen LogP contribution in [0.1, 0.15) is 37.8 Å². The summed E-state index contributed by atoms with van der Waals surface area (Å²) in [5.74, 6) is 0.214. The van der Waals surface area contributed by atoms with Gasteiger partial charge in [0, 0.05) is 23.7 Å². The average molecular weight is 407 g/mol. The molecule has 5 rings (SSSR count). The number of nitrogens with zero attached hydrogens (tertiary/aromatic N) is 3. The summed E-state index contributed by atoms with van der Waals surface area (Å²) in [6.07, 6.45) is 5.94. The van der Waals surface area contributed by atoms with Gasteiger partial charge >= 0.3 is 0 Å². The summed E-state index contributed by atoms with van der Waals surface area (Å²) in [6, 6.07) is 6.85. The number of allylic oxidation sites excluding steroid dienone is 2. The Kier molecular flexibility index (Phi) is 3.84. The zero-order valence-corrected chi connectivity index (χ0v) is 16.2. The molecule has 29 heavy (non-hydrogen) atoms. The Hall–Kier alpha value is -3.09. The van der Waals surface area contributed by atoms with Gasteiger partial charge in [0.05, 0.1) is 22.0 Å². The van der Waals surface area contributed by atoms with Crippen molar-refractivity contribution in [1.82, 2.24) is 19.7 Å². The van der Waals surface area contributed by atoms with Crippen molar-refractivity contribution < 1.29 is 13.2 Å². The lowest BCUT2D eigenvalue weighted by molar-refractivity contribution is -0.118. The molecule has 9 heteroatoms.